The quantitative estimate of drug-likeness (QED) is 0.0569. The van der Waals surface area contributed by atoms with Crippen molar-refractivity contribution in [1.82, 2.24) is 37.2 Å². The Morgan fingerprint density at radius 2 is 1.12 bits per heavy atom. The number of rotatable bonds is 22. The van der Waals surface area contributed by atoms with E-state index in [1.807, 2.05) is 41.5 Å². The number of carboxylic acid groups (broad SMARTS) is 1. The number of primary amides is 1. The van der Waals surface area contributed by atoms with Crippen molar-refractivity contribution in [2.24, 2.45) is 23.5 Å². The summed E-state index contributed by atoms with van der Waals surface area (Å²) in [6.07, 6.45) is -0.499. The molecule has 1 saturated heterocycles. The van der Waals surface area contributed by atoms with E-state index in [1.165, 1.54) is 6.92 Å². The molecule has 0 aromatic heterocycles. The minimum absolute atomic E-state index is 0.0532. The van der Waals surface area contributed by atoms with Gasteiger partial charge < -0.3 is 53.2 Å². The van der Waals surface area contributed by atoms with Gasteiger partial charge in [0.25, 0.3) is 0 Å². The Bertz CT molecular complexity index is 1240. The average molecular weight is 727 g/mol. The number of hydrogen-bond acceptors (Lipinski definition) is 10. The Morgan fingerprint density at radius 1 is 0.686 bits per heavy atom. The van der Waals surface area contributed by atoms with Crippen LogP contribution in [0.1, 0.15) is 87.0 Å². The van der Waals surface area contributed by atoms with Crippen LogP contribution in [0.2, 0.25) is 0 Å². The van der Waals surface area contributed by atoms with Gasteiger partial charge in [0.05, 0.1) is 18.7 Å². The van der Waals surface area contributed by atoms with Crippen LogP contribution in [0.3, 0.4) is 0 Å². The number of hydrogen-bond donors (Lipinski definition) is 10. The Hall–Kier alpha value is -4.32. The van der Waals surface area contributed by atoms with Crippen molar-refractivity contribution in [1.29, 1.82) is 0 Å². The molecule has 0 aromatic rings. The average Bonchev–Trinajstić information content (AvgIpc) is 3.45. The van der Waals surface area contributed by atoms with E-state index >= 15 is 0 Å². The van der Waals surface area contributed by atoms with Gasteiger partial charge in [0, 0.05) is 13.0 Å². The molecule has 0 unspecified atom stereocenters. The minimum Gasteiger partial charge on any atom is -0.480 e. The third kappa shape index (κ3) is 17.4. The van der Waals surface area contributed by atoms with E-state index in [0.717, 1.165) is 0 Å². The second kappa shape index (κ2) is 21.8. The van der Waals surface area contributed by atoms with E-state index in [9.17, 15) is 48.6 Å². The Labute approximate surface area is 298 Å². The summed E-state index contributed by atoms with van der Waals surface area (Å²) in [5, 5.41) is 36.9. The van der Waals surface area contributed by atoms with E-state index in [1.54, 1.807) is 0 Å². The van der Waals surface area contributed by atoms with Crippen LogP contribution in [0.25, 0.3) is 0 Å². The highest BCUT2D eigenvalue weighted by Crippen LogP contribution is 2.12. The summed E-state index contributed by atoms with van der Waals surface area (Å²) in [5.74, 6) is -6.38. The van der Waals surface area contributed by atoms with E-state index in [-0.39, 0.29) is 62.8 Å². The zero-order chi connectivity index (χ0) is 39.0. The van der Waals surface area contributed by atoms with Crippen LogP contribution < -0.4 is 43.0 Å². The maximum atomic E-state index is 13.7. The van der Waals surface area contributed by atoms with Crippen molar-refractivity contribution in [3.05, 3.63) is 0 Å². The lowest BCUT2D eigenvalue weighted by Crippen LogP contribution is -2.59. The van der Waals surface area contributed by atoms with Gasteiger partial charge in [-0.15, -0.1) is 0 Å². The number of nitrogens with two attached hydrogens (primary N) is 1. The van der Waals surface area contributed by atoms with Crippen LogP contribution >= 0.6 is 0 Å². The largest absolute Gasteiger partial charge is 0.480 e. The summed E-state index contributed by atoms with van der Waals surface area (Å²) in [6.45, 7) is 12.0. The molecule has 0 aromatic carbocycles. The summed E-state index contributed by atoms with van der Waals surface area (Å²) in [4.78, 5) is 102. The molecular formula is C33H58N8O10. The Kier molecular flexibility index (Phi) is 19.1. The number of carbonyl (C=O) groups excluding carboxylic acids is 7. The molecule has 1 heterocycles. The van der Waals surface area contributed by atoms with Crippen LogP contribution in [0.4, 0.5) is 0 Å². The van der Waals surface area contributed by atoms with Crippen LogP contribution in [-0.2, 0) is 38.4 Å². The first-order valence-electron chi connectivity index (χ1n) is 17.4. The van der Waals surface area contributed by atoms with Gasteiger partial charge in [0.2, 0.25) is 41.4 Å². The van der Waals surface area contributed by atoms with Crippen LogP contribution in [-0.4, -0.2) is 113 Å². The highest BCUT2D eigenvalue weighted by molar-refractivity contribution is 5.96. The van der Waals surface area contributed by atoms with Crippen molar-refractivity contribution in [2.45, 2.75) is 129 Å². The number of aliphatic hydroxyl groups excluding tert-OH is 1. The molecule has 290 valence electrons. The van der Waals surface area contributed by atoms with E-state index in [4.69, 9.17) is 5.73 Å². The lowest BCUT2D eigenvalue weighted by molar-refractivity contribution is -0.142. The van der Waals surface area contributed by atoms with Gasteiger partial charge in [-0.1, -0.05) is 41.5 Å². The molecule has 1 aliphatic rings. The van der Waals surface area contributed by atoms with Gasteiger partial charge in [-0.3, -0.25) is 38.4 Å². The number of β-amino-alcohol motifs (C(OH)–C–C–N with tert-alkyl or cyclic N) is 1. The highest BCUT2D eigenvalue weighted by Gasteiger charge is 2.33. The summed E-state index contributed by atoms with van der Waals surface area (Å²) >= 11 is 0. The molecule has 1 aliphatic heterocycles. The monoisotopic (exact) mass is 726 g/mol. The SMILES string of the molecule is CC(C)C[C@H](NC(=O)[C@H](CC(C)C)NC(=O)[C@H](CC(C)C)NC(=O)[C@H](CCC(N)=O)NC(=O)CNC(=O)[C@@H]1C[C@@H](O)CN1)C(=O)N[C@@H](C)C(=O)O. The van der Waals surface area contributed by atoms with Crippen LogP contribution in [0.15, 0.2) is 0 Å². The van der Waals surface area contributed by atoms with E-state index in [0.29, 0.717) is 0 Å². The van der Waals surface area contributed by atoms with Gasteiger partial charge in [-0.25, -0.2) is 0 Å². The minimum atomic E-state index is -1.31. The van der Waals surface area contributed by atoms with Gasteiger partial charge in [-0.05, 0) is 56.8 Å². The van der Waals surface area contributed by atoms with Crippen molar-refractivity contribution >= 4 is 47.3 Å². The van der Waals surface area contributed by atoms with Crippen molar-refractivity contribution < 1.29 is 48.6 Å². The van der Waals surface area contributed by atoms with E-state index in [2.05, 4.69) is 37.2 Å². The number of nitrogens with one attached hydrogen (secondary N) is 7. The molecule has 0 radical (unpaired) electrons. The molecule has 18 nitrogen and oxygen atoms in total. The molecule has 7 atom stereocenters. The zero-order valence-corrected chi connectivity index (χ0v) is 30.7. The Morgan fingerprint density at radius 3 is 1.49 bits per heavy atom. The first-order chi connectivity index (χ1) is 23.7. The summed E-state index contributed by atoms with van der Waals surface area (Å²) in [5.41, 5.74) is 5.28. The number of carboxylic acids is 1. The third-order valence-corrected chi connectivity index (χ3v) is 7.93. The summed E-state index contributed by atoms with van der Waals surface area (Å²) in [6, 6.07) is -6.59. The molecule has 1 rings (SSSR count). The maximum Gasteiger partial charge on any atom is 0.325 e. The first kappa shape index (κ1) is 44.7. The number of amides is 7. The zero-order valence-electron chi connectivity index (χ0n) is 30.7. The van der Waals surface area contributed by atoms with Crippen molar-refractivity contribution in [2.75, 3.05) is 13.1 Å². The molecule has 0 bridgehead atoms. The smallest absolute Gasteiger partial charge is 0.325 e. The van der Waals surface area contributed by atoms with Gasteiger partial charge in [-0.2, -0.15) is 0 Å². The van der Waals surface area contributed by atoms with Crippen molar-refractivity contribution in [3.63, 3.8) is 0 Å². The normalized spacial score (nSPS) is 18.6. The molecule has 0 spiro atoms. The lowest BCUT2D eigenvalue weighted by Gasteiger charge is -2.28. The summed E-state index contributed by atoms with van der Waals surface area (Å²) in [7, 11) is 0. The topological polar surface area (TPSA) is 287 Å². The van der Waals surface area contributed by atoms with Crippen LogP contribution in [0, 0.1) is 17.8 Å². The molecular weight excluding hydrogens is 668 g/mol. The van der Waals surface area contributed by atoms with Crippen LogP contribution in [0.5, 0.6) is 0 Å². The number of aliphatic hydroxyl groups is 1. The van der Waals surface area contributed by atoms with Crippen molar-refractivity contribution in [3.8, 4) is 0 Å². The fourth-order valence-electron chi connectivity index (χ4n) is 5.31. The van der Waals surface area contributed by atoms with E-state index < -0.39 is 96.2 Å². The fraction of sp³-hybridized carbons (Fsp3) is 0.758. The van der Waals surface area contributed by atoms with Gasteiger partial charge in [0.1, 0.15) is 30.2 Å². The molecule has 1 fully saturated rings. The predicted octanol–water partition coefficient (Wildman–Crippen LogP) is -2.24. The second-order valence-electron chi connectivity index (χ2n) is 14.3. The number of carbonyl (C=O) groups is 8. The second-order valence-corrected chi connectivity index (χ2v) is 14.3. The molecule has 11 N–H and O–H groups in total. The van der Waals surface area contributed by atoms with Gasteiger partial charge in [0.15, 0.2) is 0 Å². The molecule has 0 aliphatic carbocycles. The first-order valence-corrected chi connectivity index (χ1v) is 17.4. The molecule has 18 heteroatoms. The summed E-state index contributed by atoms with van der Waals surface area (Å²) < 4.78 is 0. The third-order valence-electron chi connectivity index (χ3n) is 7.93. The highest BCUT2D eigenvalue weighted by atomic mass is 16.4. The predicted molar refractivity (Wildman–Crippen MR) is 185 cm³/mol. The fourth-order valence-corrected chi connectivity index (χ4v) is 5.31. The molecule has 51 heavy (non-hydrogen) atoms. The molecule has 7 amide bonds. The Balaban J connectivity index is 3.12. The maximum absolute atomic E-state index is 13.7. The molecule has 0 saturated carbocycles. The number of aliphatic carboxylic acids is 1. The van der Waals surface area contributed by atoms with Gasteiger partial charge >= 0.3 is 5.97 Å². The standard InChI is InChI=1S/C33H58N8O10/c1-16(2)10-23(30(47)37-19(7)33(50)51)40-32(49)25(12-18(5)6)41-31(48)24(11-17(3)4)39-29(46)21(8-9-26(34)43)38-27(44)15-36-28(45)22-13-20(42)14-35-22/h16-25,35,42H,8-15H2,1-7H3,(H2,34,43)(H,36,45)(H,37,47)(H,38,44)(H,39,46)(H,40,49)(H,41,48)(H,50,51)/t19-,20+,21-,22-,23-,24-,25-/m0/s1. The lowest BCUT2D eigenvalue weighted by atomic mass is 9.98.